The highest BCUT2D eigenvalue weighted by Gasteiger charge is 2.24. The van der Waals surface area contributed by atoms with E-state index < -0.39 is 16.8 Å². The molecule has 6 heteroatoms. The van der Waals surface area contributed by atoms with Crippen LogP contribution in [0.25, 0.3) is 0 Å². The molecule has 120 valence electrons. The van der Waals surface area contributed by atoms with E-state index in [1.807, 2.05) is 0 Å². The van der Waals surface area contributed by atoms with E-state index in [0.717, 1.165) is 25.7 Å². The average Bonchev–Trinajstić information content (AvgIpc) is 2.65. The van der Waals surface area contributed by atoms with Crippen LogP contribution in [0, 0.1) is 5.92 Å². The molecule has 1 saturated heterocycles. The van der Waals surface area contributed by atoms with Gasteiger partial charge >= 0.3 is 0 Å². The molecule has 0 bridgehead atoms. The van der Waals surface area contributed by atoms with Crippen molar-refractivity contribution >= 4 is 22.6 Å². The zero-order chi connectivity index (χ0) is 15.1. The van der Waals surface area contributed by atoms with Gasteiger partial charge in [-0.3, -0.25) is 13.8 Å². The van der Waals surface area contributed by atoms with Gasteiger partial charge in [-0.05, 0) is 38.0 Å². The molecule has 2 rings (SSSR count). The molecule has 5 nitrogen and oxygen atoms in total. The second-order valence-corrected chi connectivity index (χ2v) is 7.66. The van der Waals surface area contributed by atoms with Gasteiger partial charge in [0.1, 0.15) is 11.8 Å². The number of hydrogen-bond acceptors (Lipinski definition) is 3. The van der Waals surface area contributed by atoms with Crippen molar-refractivity contribution < 1.29 is 13.8 Å². The predicted molar refractivity (Wildman–Crippen MR) is 83.2 cm³/mol. The van der Waals surface area contributed by atoms with Gasteiger partial charge in [-0.2, -0.15) is 0 Å². The van der Waals surface area contributed by atoms with Crippen LogP contribution in [0.1, 0.15) is 51.4 Å². The summed E-state index contributed by atoms with van der Waals surface area (Å²) < 4.78 is 12.1. The summed E-state index contributed by atoms with van der Waals surface area (Å²) in [5.74, 6) is 0.795. The molecule has 2 N–H and O–H groups in total. The van der Waals surface area contributed by atoms with E-state index in [4.69, 9.17) is 0 Å². The van der Waals surface area contributed by atoms with Gasteiger partial charge in [-0.25, -0.2) is 0 Å². The Balaban J connectivity index is 1.72. The monoisotopic (exact) mass is 314 g/mol. The maximum atomic E-state index is 12.1. The second-order valence-electron chi connectivity index (χ2n) is 6.16. The quantitative estimate of drug-likeness (QED) is 0.798. The van der Waals surface area contributed by atoms with Crippen molar-refractivity contribution in [2.75, 3.05) is 18.1 Å². The molecule has 0 spiro atoms. The first kappa shape index (κ1) is 16.5. The first-order valence-corrected chi connectivity index (χ1v) is 9.56. The van der Waals surface area contributed by atoms with Gasteiger partial charge in [0.05, 0.1) is 0 Å². The topological polar surface area (TPSA) is 75.3 Å². The molecule has 0 aromatic carbocycles. The molecule has 0 unspecified atom stereocenters. The first-order valence-electron chi connectivity index (χ1n) is 8.07. The van der Waals surface area contributed by atoms with E-state index in [9.17, 15) is 13.8 Å². The molecular weight excluding hydrogens is 288 g/mol. The van der Waals surface area contributed by atoms with Crippen molar-refractivity contribution in [1.82, 2.24) is 10.6 Å². The number of carbonyl (C=O) groups excluding carboxylic acids is 2. The van der Waals surface area contributed by atoms with Crippen LogP contribution in [-0.2, 0) is 20.4 Å². The van der Waals surface area contributed by atoms with Crippen LogP contribution in [-0.4, -0.2) is 40.1 Å². The summed E-state index contributed by atoms with van der Waals surface area (Å²) >= 11 is 0. The lowest BCUT2D eigenvalue weighted by molar-refractivity contribution is -0.127. The zero-order valence-corrected chi connectivity index (χ0v) is 13.4. The summed E-state index contributed by atoms with van der Waals surface area (Å²) in [5, 5.41) is 5.52. The van der Waals surface area contributed by atoms with Crippen molar-refractivity contribution in [2.45, 2.75) is 57.4 Å². The SMILES string of the molecule is O=C(C[S@](=O)CC1CCCCC1)N[C@H]1CCCCNC1=O. The highest BCUT2D eigenvalue weighted by atomic mass is 32.2. The molecule has 2 aliphatic rings. The molecule has 1 aliphatic heterocycles. The van der Waals surface area contributed by atoms with Gasteiger partial charge in [-0.1, -0.05) is 19.3 Å². The maximum absolute atomic E-state index is 12.1. The second kappa shape index (κ2) is 8.51. The Morgan fingerprint density at radius 3 is 2.62 bits per heavy atom. The molecule has 0 aromatic heterocycles. The molecule has 0 radical (unpaired) electrons. The Morgan fingerprint density at radius 1 is 1.14 bits per heavy atom. The van der Waals surface area contributed by atoms with Gasteiger partial charge in [-0.15, -0.1) is 0 Å². The summed E-state index contributed by atoms with van der Waals surface area (Å²) in [6, 6.07) is -0.452. The van der Waals surface area contributed by atoms with Crippen LogP contribution in [0.15, 0.2) is 0 Å². The number of amides is 2. The highest BCUT2D eigenvalue weighted by molar-refractivity contribution is 7.85. The standard InChI is InChI=1S/C15H26N2O3S/c18-14(17-13-8-4-5-9-16-15(13)19)11-21(20)10-12-6-2-1-3-7-12/h12-13H,1-11H2,(H,16,19)(H,17,18)/t13-,21+/m0/s1. The van der Waals surface area contributed by atoms with Gasteiger partial charge in [0, 0.05) is 23.1 Å². The number of carbonyl (C=O) groups is 2. The Labute approximate surface area is 129 Å². The van der Waals surface area contributed by atoms with E-state index in [-0.39, 0.29) is 17.6 Å². The summed E-state index contributed by atoms with van der Waals surface area (Å²) in [6.07, 6.45) is 8.54. The van der Waals surface area contributed by atoms with Crippen molar-refractivity contribution in [3.8, 4) is 0 Å². The van der Waals surface area contributed by atoms with Gasteiger partial charge in [0.2, 0.25) is 11.8 Å². The normalized spacial score (nSPS) is 25.7. The number of nitrogens with one attached hydrogen (secondary N) is 2. The fourth-order valence-corrected chi connectivity index (χ4v) is 4.49. The number of hydrogen-bond donors (Lipinski definition) is 2. The third-order valence-electron chi connectivity index (χ3n) is 4.31. The third-order valence-corrected chi connectivity index (χ3v) is 5.74. The van der Waals surface area contributed by atoms with E-state index in [0.29, 0.717) is 24.6 Å². The molecule has 0 aromatic rings. The summed E-state index contributed by atoms with van der Waals surface area (Å²) in [5.41, 5.74) is 0. The highest BCUT2D eigenvalue weighted by Crippen LogP contribution is 2.24. The molecule has 21 heavy (non-hydrogen) atoms. The van der Waals surface area contributed by atoms with E-state index in [2.05, 4.69) is 10.6 Å². The molecule has 2 fully saturated rings. The first-order chi connectivity index (χ1) is 10.1. The largest absolute Gasteiger partial charge is 0.354 e. The minimum Gasteiger partial charge on any atom is -0.354 e. The van der Waals surface area contributed by atoms with Crippen LogP contribution in [0.2, 0.25) is 0 Å². The van der Waals surface area contributed by atoms with Gasteiger partial charge in [0.15, 0.2) is 0 Å². The smallest absolute Gasteiger partial charge is 0.242 e. The Kier molecular flexibility index (Phi) is 6.67. The molecule has 1 heterocycles. The molecular formula is C15H26N2O3S. The summed E-state index contributed by atoms with van der Waals surface area (Å²) in [7, 11) is -1.11. The Bertz CT molecular complexity index is 394. The van der Waals surface area contributed by atoms with Crippen molar-refractivity contribution in [3.05, 3.63) is 0 Å². The maximum Gasteiger partial charge on any atom is 0.242 e. The average molecular weight is 314 g/mol. The third kappa shape index (κ3) is 5.77. The lowest BCUT2D eigenvalue weighted by Gasteiger charge is -2.21. The minimum absolute atomic E-state index is 0.0281. The lowest BCUT2D eigenvalue weighted by atomic mass is 9.91. The molecule has 1 saturated carbocycles. The Hall–Kier alpha value is -0.910. The zero-order valence-electron chi connectivity index (χ0n) is 12.6. The van der Waals surface area contributed by atoms with Gasteiger partial charge < -0.3 is 10.6 Å². The summed E-state index contributed by atoms with van der Waals surface area (Å²) in [4.78, 5) is 23.7. The lowest BCUT2D eigenvalue weighted by Crippen LogP contribution is -2.46. The predicted octanol–water partition coefficient (Wildman–Crippen LogP) is 1.10. The fraction of sp³-hybridized carbons (Fsp3) is 0.867. The van der Waals surface area contributed by atoms with Gasteiger partial charge in [0.25, 0.3) is 0 Å². The van der Waals surface area contributed by atoms with Crippen molar-refractivity contribution in [2.24, 2.45) is 5.92 Å². The fourth-order valence-electron chi connectivity index (χ4n) is 3.13. The van der Waals surface area contributed by atoms with Crippen molar-refractivity contribution in [3.63, 3.8) is 0 Å². The number of rotatable bonds is 5. The van der Waals surface area contributed by atoms with E-state index >= 15 is 0 Å². The minimum atomic E-state index is -1.11. The molecule has 1 aliphatic carbocycles. The van der Waals surface area contributed by atoms with Crippen LogP contribution in [0.5, 0.6) is 0 Å². The van der Waals surface area contributed by atoms with E-state index in [1.54, 1.807) is 0 Å². The van der Waals surface area contributed by atoms with Crippen LogP contribution in [0.3, 0.4) is 0 Å². The molecule has 2 atom stereocenters. The summed E-state index contributed by atoms with van der Waals surface area (Å²) in [6.45, 7) is 0.679. The van der Waals surface area contributed by atoms with Crippen LogP contribution >= 0.6 is 0 Å². The van der Waals surface area contributed by atoms with E-state index in [1.165, 1.54) is 19.3 Å². The van der Waals surface area contributed by atoms with Crippen LogP contribution < -0.4 is 10.6 Å². The molecule has 2 amide bonds. The Morgan fingerprint density at radius 2 is 1.86 bits per heavy atom. The van der Waals surface area contributed by atoms with Crippen molar-refractivity contribution in [1.29, 1.82) is 0 Å². The van der Waals surface area contributed by atoms with Crippen LogP contribution in [0.4, 0.5) is 0 Å².